The highest BCUT2D eigenvalue weighted by molar-refractivity contribution is 5.89. The minimum Gasteiger partial charge on any atom is -0.507 e. The van der Waals surface area contributed by atoms with E-state index in [1.807, 2.05) is 44.2 Å². The van der Waals surface area contributed by atoms with Crippen LogP contribution >= 0.6 is 0 Å². The molecule has 10 unspecified atom stereocenters. The molecule has 0 saturated heterocycles. The number of fused-ring (bicyclic) bond motifs is 7. The van der Waals surface area contributed by atoms with E-state index in [2.05, 4.69) is 17.2 Å². The number of carbonyl (C=O) groups excluding carboxylic acids is 3. The normalized spacial score (nSPS) is 30.0. The van der Waals surface area contributed by atoms with Crippen LogP contribution in [0.2, 0.25) is 0 Å². The van der Waals surface area contributed by atoms with Crippen LogP contribution in [0.3, 0.4) is 0 Å². The minimum absolute atomic E-state index is 0.0360. The topological polar surface area (TPSA) is 183 Å². The number of Topliss-reactive ketones (excluding diaryl/α,β-unsaturated/α-hetero) is 1. The zero-order valence-corrected chi connectivity index (χ0v) is 35.9. The maximum Gasteiger partial charge on any atom is 0.334 e. The summed E-state index contributed by atoms with van der Waals surface area (Å²) >= 11 is 0. The number of rotatable bonds is 7. The van der Waals surface area contributed by atoms with Crippen molar-refractivity contribution in [1.82, 2.24) is 0 Å². The van der Waals surface area contributed by atoms with Crippen LogP contribution in [0.4, 0.5) is 5.69 Å². The summed E-state index contributed by atoms with van der Waals surface area (Å²) in [6.07, 6.45) is 2.04. The molecule has 2 saturated carbocycles. The van der Waals surface area contributed by atoms with E-state index in [-0.39, 0.29) is 85.9 Å². The van der Waals surface area contributed by atoms with E-state index < -0.39 is 53.6 Å². The van der Waals surface area contributed by atoms with E-state index in [9.17, 15) is 35.1 Å². The molecule has 3 heterocycles. The van der Waals surface area contributed by atoms with Crippen LogP contribution in [0.15, 0.2) is 60.2 Å². The van der Waals surface area contributed by atoms with Crippen molar-refractivity contribution in [3.8, 4) is 23.3 Å². The van der Waals surface area contributed by atoms with Crippen molar-refractivity contribution in [2.45, 2.75) is 134 Å². The summed E-state index contributed by atoms with van der Waals surface area (Å²) in [5.41, 5.74) is 3.65. The molecule has 6 N–H and O–H groups in total. The summed E-state index contributed by atoms with van der Waals surface area (Å²) in [5.74, 6) is 3.24. The third-order valence-corrected chi connectivity index (χ3v) is 14.3. The first-order valence-electron chi connectivity index (χ1n) is 22.5. The number of nitrogens with one attached hydrogen (secondary N) is 1. The van der Waals surface area contributed by atoms with Gasteiger partial charge in [0.05, 0.1) is 31.2 Å². The molecule has 0 aromatic heterocycles. The fraction of sp³-hybridized carbons (Fsp3) is 0.510. The fourth-order valence-corrected chi connectivity index (χ4v) is 11.3. The van der Waals surface area contributed by atoms with Crippen molar-refractivity contribution in [2.75, 3.05) is 11.9 Å². The summed E-state index contributed by atoms with van der Waals surface area (Å²) in [6, 6.07) is 15.1. The second-order valence-corrected chi connectivity index (χ2v) is 18.3. The third kappa shape index (κ3) is 8.55. The van der Waals surface area contributed by atoms with E-state index in [0.717, 1.165) is 17.5 Å². The highest BCUT2D eigenvalue weighted by atomic mass is 16.6. The van der Waals surface area contributed by atoms with Gasteiger partial charge in [-0.05, 0) is 115 Å². The van der Waals surface area contributed by atoms with Crippen molar-refractivity contribution in [1.29, 1.82) is 0 Å². The Morgan fingerprint density at radius 3 is 2.45 bits per heavy atom. The van der Waals surface area contributed by atoms with Gasteiger partial charge in [-0.3, -0.25) is 9.59 Å². The van der Waals surface area contributed by atoms with E-state index in [0.29, 0.717) is 65.6 Å². The second-order valence-electron chi connectivity index (χ2n) is 18.3. The van der Waals surface area contributed by atoms with Crippen LogP contribution in [0.1, 0.15) is 116 Å². The zero-order chi connectivity index (χ0) is 43.9. The number of carbonyl (C=O) groups is 3. The molecule has 10 bridgehead atoms. The quantitative estimate of drug-likeness (QED) is 0.0915. The Morgan fingerprint density at radius 2 is 1.71 bits per heavy atom. The van der Waals surface area contributed by atoms with E-state index >= 15 is 4.79 Å². The van der Waals surface area contributed by atoms with Gasteiger partial charge in [-0.2, -0.15) is 0 Å². The lowest BCUT2D eigenvalue weighted by atomic mass is 9.53. The number of anilines is 1. The number of aliphatic hydroxyl groups excluding tert-OH is 3. The highest BCUT2D eigenvalue weighted by Crippen LogP contribution is 2.55. The first-order valence-corrected chi connectivity index (χ1v) is 22.5. The molecule has 328 valence electrons. The number of hydrogen-bond donors (Lipinski definition) is 6. The van der Waals surface area contributed by atoms with Crippen LogP contribution in [0, 0.1) is 35.5 Å². The third-order valence-electron chi connectivity index (χ3n) is 14.3. The summed E-state index contributed by atoms with van der Waals surface area (Å²) < 4.78 is 12.6. The van der Waals surface area contributed by atoms with Crippen molar-refractivity contribution in [3.05, 3.63) is 99.1 Å². The molecule has 3 aromatic carbocycles. The first-order chi connectivity index (χ1) is 29.8. The average molecular weight is 846 g/mol. The Kier molecular flexibility index (Phi) is 12.7. The monoisotopic (exact) mass is 845 g/mol. The van der Waals surface area contributed by atoms with Crippen molar-refractivity contribution in [2.24, 2.45) is 23.7 Å². The van der Waals surface area contributed by atoms with Gasteiger partial charge in [-0.25, -0.2) is 4.79 Å². The lowest BCUT2D eigenvalue weighted by Gasteiger charge is -2.56. The van der Waals surface area contributed by atoms with E-state index in [1.165, 1.54) is 6.08 Å². The Balaban J connectivity index is 1.37. The van der Waals surface area contributed by atoms with Crippen molar-refractivity contribution >= 4 is 23.4 Å². The number of phenolic OH excluding ortho intramolecular Hbond substituents is 1. The van der Waals surface area contributed by atoms with E-state index in [4.69, 9.17) is 9.47 Å². The number of benzene rings is 3. The van der Waals surface area contributed by atoms with Gasteiger partial charge >= 0.3 is 11.9 Å². The Bertz CT molecular complexity index is 2320. The lowest BCUT2D eigenvalue weighted by molar-refractivity contribution is -0.212. The molecule has 11 heteroatoms. The number of esters is 2. The summed E-state index contributed by atoms with van der Waals surface area (Å²) in [5, 5.41) is 61.2. The number of phenols is 1. The Labute approximate surface area is 363 Å². The molecule has 11 nitrogen and oxygen atoms in total. The fourth-order valence-electron chi connectivity index (χ4n) is 11.3. The predicted octanol–water partition coefficient (Wildman–Crippen LogP) is 6.13. The van der Waals surface area contributed by atoms with Crippen LogP contribution < -0.4 is 10.1 Å². The second kappa shape index (κ2) is 18.0. The molecule has 2 aliphatic carbocycles. The largest absolute Gasteiger partial charge is 0.507 e. The number of aliphatic hydroxyl groups is 4. The molecule has 0 radical (unpaired) electrons. The van der Waals surface area contributed by atoms with Gasteiger partial charge in [0.25, 0.3) is 0 Å². The minimum atomic E-state index is -1.60. The predicted molar refractivity (Wildman–Crippen MR) is 232 cm³/mol. The maximum atomic E-state index is 15.2. The SMILES string of the molecule is CCc1c(O)c2cc3c1OC(=O)CC3C#CC(c1cc(CO)cc(NCC(C)O)c1)CC1=CC(O)Cc3cccc(c3)CC3C(=O)CCC4C3CCC(CC)C4(O)C(C2)OC1=O. The summed E-state index contributed by atoms with van der Waals surface area (Å²) in [6.45, 7) is 5.49. The molecule has 0 spiro atoms. The van der Waals surface area contributed by atoms with Crippen molar-refractivity contribution < 1.29 is 49.4 Å². The van der Waals surface area contributed by atoms with E-state index in [1.54, 1.807) is 25.1 Å². The van der Waals surface area contributed by atoms with Gasteiger partial charge in [-0.15, -0.1) is 0 Å². The Hall–Kier alpha value is -4.99. The average Bonchev–Trinajstić information content (AvgIpc) is 3.25. The van der Waals surface area contributed by atoms with Gasteiger partial charge in [0.15, 0.2) is 0 Å². The molecular weight excluding hydrogens is 787 g/mol. The standard InChI is InChI=1S/C51H59NO10/c1-4-37-11-12-41-43-19-30-8-6-7-29(15-30)18-39(55)22-36-20-32(34-16-31(27-53)17-38(21-34)52-26-28(3)54)9-10-33-25-47(57)62-49-40(5-2)48(58)35(23-42(33)49)24-46(61-50(36)59)51(37,60)44(41)13-14-45(43)56/h6-8,15-17,21-23,28,32-33,37,39,41,43-44,46,52-55,58,60H,4-5,11-14,18-20,24-27H2,1-3H3. The Morgan fingerprint density at radius 1 is 0.935 bits per heavy atom. The maximum absolute atomic E-state index is 15.2. The van der Waals surface area contributed by atoms with Gasteiger partial charge in [0.2, 0.25) is 0 Å². The molecule has 8 rings (SSSR count). The molecule has 62 heavy (non-hydrogen) atoms. The number of aromatic hydroxyl groups is 1. The zero-order valence-electron chi connectivity index (χ0n) is 35.9. The number of hydrogen-bond acceptors (Lipinski definition) is 11. The molecule has 3 aliphatic heterocycles. The highest BCUT2D eigenvalue weighted by Gasteiger charge is 2.59. The van der Waals surface area contributed by atoms with Crippen LogP contribution in [-0.4, -0.2) is 73.7 Å². The lowest BCUT2D eigenvalue weighted by Crippen LogP contribution is -2.63. The molecule has 3 aromatic rings. The molecular formula is C51H59NO10. The molecule has 5 aliphatic rings. The van der Waals surface area contributed by atoms with Crippen molar-refractivity contribution in [3.63, 3.8) is 0 Å². The smallest absolute Gasteiger partial charge is 0.334 e. The molecule has 2 fully saturated rings. The first kappa shape index (κ1) is 43.7. The number of ether oxygens (including phenoxy) is 2. The summed E-state index contributed by atoms with van der Waals surface area (Å²) in [4.78, 5) is 42.3. The van der Waals surface area contributed by atoms with Crippen LogP contribution in [0.25, 0.3) is 0 Å². The molecule has 0 amide bonds. The molecule has 10 atom stereocenters. The van der Waals surface area contributed by atoms with Gasteiger partial charge in [-0.1, -0.05) is 62.4 Å². The number of ketones is 1. The van der Waals surface area contributed by atoms with Gasteiger partial charge in [0, 0.05) is 60.0 Å². The van der Waals surface area contributed by atoms with Crippen LogP contribution in [-0.2, 0) is 51.4 Å². The summed E-state index contributed by atoms with van der Waals surface area (Å²) in [7, 11) is 0. The van der Waals surface area contributed by atoms with Gasteiger partial charge in [0.1, 0.15) is 29.0 Å². The van der Waals surface area contributed by atoms with Crippen LogP contribution in [0.5, 0.6) is 11.5 Å². The van der Waals surface area contributed by atoms with Gasteiger partial charge < -0.3 is 40.3 Å².